The second kappa shape index (κ2) is 7.77. The van der Waals surface area contributed by atoms with Gasteiger partial charge in [-0.2, -0.15) is 15.0 Å². The number of hydrogen-bond acceptors (Lipinski definition) is 6. The van der Waals surface area contributed by atoms with Crippen LogP contribution in [0.25, 0.3) is 11.0 Å². The third-order valence-corrected chi connectivity index (χ3v) is 6.00. The molecule has 1 aliphatic heterocycles. The highest BCUT2D eigenvalue weighted by Crippen LogP contribution is 2.21. The lowest BCUT2D eigenvalue weighted by Gasteiger charge is -2.32. The highest BCUT2D eigenvalue weighted by Gasteiger charge is 2.24. The molecule has 8 nitrogen and oxygen atoms in total. The van der Waals surface area contributed by atoms with Crippen LogP contribution < -0.4 is 4.72 Å². The molecule has 1 aromatic carbocycles. The minimum Gasteiger partial charge on any atom is -0.383 e. The molecule has 1 N–H and O–H groups in total. The molecule has 1 atom stereocenters. The summed E-state index contributed by atoms with van der Waals surface area (Å²) in [5.74, 6) is 0.307. The van der Waals surface area contributed by atoms with Crippen molar-refractivity contribution in [2.45, 2.75) is 17.7 Å². The van der Waals surface area contributed by atoms with Gasteiger partial charge in [-0.15, -0.1) is 0 Å². The molecule has 1 aliphatic rings. The Labute approximate surface area is 148 Å². The van der Waals surface area contributed by atoms with Gasteiger partial charge in [0.05, 0.1) is 6.61 Å². The van der Waals surface area contributed by atoms with Gasteiger partial charge in [0.15, 0.2) is 0 Å². The summed E-state index contributed by atoms with van der Waals surface area (Å²) in [6, 6.07) is 5.03. The van der Waals surface area contributed by atoms with Crippen LogP contribution in [0.4, 0.5) is 0 Å². The summed E-state index contributed by atoms with van der Waals surface area (Å²) in [5, 5.41) is 8.35. The Kier molecular flexibility index (Phi) is 5.67. The number of aryl methyl sites for hydroxylation is 1. The first-order valence-corrected chi connectivity index (χ1v) is 9.99. The van der Waals surface area contributed by atoms with E-state index in [0.717, 1.165) is 32.5 Å². The molecule has 1 fully saturated rings. The Morgan fingerprint density at radius 3 is 3.00 bits per heavy atom. The van der Waals surface area contributed by atoms with Gasteiger partial charge in [-0.3, -0.25) is 0 Å². The highest BCUT2D eigenvalue weighted by molar-refractivity contribution is 7.89. The van der Waals surface area contributed by atoms with Crippen molar-refractivity contribution in [2.75, 3.05) is 39.9 Å². The van der Waals surface area contributed by atoms with E-state index in [-0.39, 0.29) is 4.90 Å². The average molecular weight is 367 g/mol. The van der Waals surface area contributed by atoms with Crippen LogP contribution >= 0.6 is 0 Å². The molecule has 138 valence electrons. The lowest BCUT2D eigenvalue weighted by Crippen LogP contribution is -2.42. The van der Waals surface area contributed by atoms with Gasteiger partial charge in [0, 0.05) is 33.8 Å². The van der Waals surface area contributed by atoms with Gasteiger partial charge in [0.25, 0.3) is 0 Å². The van der Waals surface area contributed by atoms with Gasteiger partial charge in [0.1, 0.15) is 15.9 Å². The van der Waals surface area contributed by atoms with Crippen molar-refractivity contribution in [1.82, 2.24) is 24.6 Å². The number of fused-ring (bicyclic) bond motifs is 1. The Morgan fingerprint density at radius 2 is 2.20 bits per heavy atom. The summed E-state index contributed by atoms with van der Waals surface area (Å²) in [7, 11) is -0.238. The summed E-state index contributed by atoms with van der Waals surface area (Å²) in [4.78, 5) is 3.90. The maximum Gasteiger partial charge on any atom is 0.242 e. The number of sulfonamides is 1. The summed E-state index contributed by atoms with van der Waals surface area (Å²) >= 11 is 0. The first kappa shape index (κ1) is 18.2. The van der Waals surface area contributed by atoms with Crippen molar-refractivity contribution < 1.29 is 13.2 Å². The topological polar surface area (TPSA) is 89.4 Å². The van der Waals surface area contributed by atoms with E-state index in [1.54, 1.807) is 32.4 Å². The molecule has 2 heterocycles. The molecule has 3 rings (SSSR count). The Balaban J connectivity index is 1.67. The van der Waals surface area contributed by atoms with Crippen LogP contribution in [0.3, 0.4) is 0 Å². The monoisotopic (exact) mass is 367 g/mol. The van der Waals surface area contributed by atoms with E-state index in [2.05, 4.69) is 19.8 Å². The van der Waals surface area contributed by atoms with E-state index in [9.17, 15) is 8.42 Å². The SMILES string of the molecule is COCCN1CCCC(CNS(=O)(=O)c2cccc3nn(C)nc23)C1. The summed E-state index contributed by atoms with van der Waals surface area (Å²) in [6.45, 7) is 3.96. The van der Waals surface area contributed by atoms with Gasteiger partial charge >= 0.3 is 0 Å². The van der Waals surface area contributed by atoms with Gasteiger partial charge in [-0.25, -0.2) is 13.1 Å². The predicted octanol–water partition coefficient (Wildman–Crippen LogP) is 0.605. The number of hydrogen-bond donors (Lipinski definition) is 1. The summed E-state index contributed by atoms with van der Waals surface area (Å²) in [6.07, 6.45) is 2.11. The van der Waals surface area contributed by atoms with E-state index in [4.69, 9.17) is 4.74 Å². The van der Waals surface area contributed by atoms with Crippen LogP contribution in [-0.2, 0) is 21.8 Å². The zero-order valence-electron chi connectivity index (χ0n) is 14.7. The Bertz CT molecular complexity index is 820. The number of benzene rings is 1. The number of methoxy groups -OCH3 is 1. The van der Waals surface area contributed by atoms with Crippen molar-refractivity contribution in [2.24, 2.45) is 13.0 Å². The average Bonchev–Trinajstić information content (AvgIpc) is 2.98. The van der Waals surface area contributed by atoms with Gasteiger partial charge in [0.2, 0.25) is 10.0 Å². The lowest BCUT2D eigenvalue weighted by molar-refractivity contribution is 0.115. The molecule has 9 heteroatoms. The number of nitrogens with one attached hydrogen (secondary N) is 1. The largest absolute Gasteiger partial charge is 0.383 e. The minimum atomic E-state index is -3.62. The molecule has 0 spiro atoms. The van der Waals surface area contributed by atoms with E-state index >= 15 is 0 Å². The third kappa shape index (κ3) is 4.35. The quantitative estimate of drug-likeness (QED) is 0.771. The second-order valence-corrected chi connectivity index (χ2v) is 8.20. The van der Waals surface area contributed by atoms with E-state index in [1.807, 2.05) is 0 Å². The molecule has 1 aromatic heterocycles. The molecular weight excluding hydrogens is 342 g/mol. The fourth-order valence-corrected chi connectivity index (χ4v) is 4.55. The van der Waals surface area contributed by atoms with Crippen molar-refractivity contribution in [1.29, 1.82) is 0 Å². The van der Waals surface area contributed by atoms with Crippen molar-refractivity contribution in [3.8, 4) is 0 Å². The summed E-state index contributed by atoms with van der Waals surface area (Å²) < 4.78 is 33.3. The fourth-order valence-electron chi connectivity index (χ4n) is 3.28. The first-order valence-electron chi connectivity index (χ1n) is 8.50. The molecule has 0 bridgehead atoms. The van der Waals surface area contributed by atoms with Crippen molar-refractivity contribution in [3.05, 3.63) is 18.2 Å². The zero-order chi connectivity index (χ0) is 17.9. The van der Waals surface area contributed by atoms with Crippen LogP contribution in [0.1, 0.15) is 12.8 Å². The summed E-state index contributed by atoms with van der Waals surface area (Å²) in [5.41, 5.74) is 0.983. The predicted molar refractivity (Wildman–Crippen MR) is 94.7 cm³/mol. The molecule has 1 unspecified atom stereocenters. The molecule has 0 radical (unpaired) electrons. The standard InChI is InChI=1S/C16H25N5O3S/c1-20-18-14-6-3-7-15(16(14)19-20)25(22,23)17-11-13-5-4-8-21(12-13)9-10-24-2/h3,6-7,13,17H,4-5,8-12H2,1-2H3. The first-order chi connectivity index (χ1) is 12.0. The van der Waals surface area contributed by atoms with Crippen molar-refractivity contribution in [3.63, 3.8) is 0 Å². The van der Waals surface area contributed by atoms with Crippen LogP contribution in [-0.4, -0.2) is 68.2 Å². The lowest BCUT2D eigenvalue weighted by atomic mass is 9.98. The second-order valence-electron chi connectivity index (χ2n) is 6.47. The third-order valence-electron chi connectivity index (χ3n) is 4.54. The maximum absolute atomic E-state index is 12.7. The van der Waals surface area contributed by atoms with Gasteiger partial charge in [-0.05, 0) is 37.4 Å². The van der Waals surface area contributed by atoms with Crippen LogP contribution in [0, 0.1) is 5.92 Å². The Morgan fingerprint density at radius 1 is 1.36 bits per heavy atom. The van der Waals surface area contributed by atoms with E-state index < -0.39 is 10.0 Å². The normalized spacial score (nSPS) is 19.5. The molecule has 1 saturated heterocycles. The number of aromatic nitrogens is 3. The zero-order valence-corrected chi connectivity index (χ0v) is 15.5. The van der Waals surface area contributed by atoms with Crippen molar-refractivity contribution >= 4 is 21.1 Å². The van der Waals surface area contributed by atoms with Gasteiger partial charge < -0.3 is 9.64 Å². The van der Waals surface area contributed by atoms with Gasteiger partial charge in [-0.1, -0.05) is 6.07 Å². The highest BCUT2D eigenvalue weighted by atomic mass is 32.2. The molecule has 0 amide bonds. The smallest absolute Gasteiger partial charge is 0.242 e. The Hall–Kier alpha value is -1.55. The van der Waals surface area contributed by atoms with Crippen LogP contribution in [0.2, 0.25) is 0 Å². The number of likely N-dealkylation sites (tertiary alicyclic amines) is 1. The molecule has 0 saturated carbocycles. The number of nitrogens with zero attached hydrogens (tertiary/aromatic N) is 4. The minimum absolute atomic E-state index is 0.185. The molecule has 25 heavy (non-hydrogen) atoms. The number of piperidine rings is 1. The molecule has 0 aliphatic carbocycles. The number of ether oxygens (including phenoxy) is 1. The van der Waals surface area contributed by atoms with Crippen LogP contribution in [0.15, 0.2) is 23.1 Å². The molecule has 2 aromatic rings. The molecular formula is C16H25N5O3S. The number of rotatable bonds is 7. The van der Waals surface area contributed by atoms with E-state index in [1.165, 1.54) is 4.80 Å². The fraction of sp³-hybridized carbons (Fsp3) is 0.625. The van der Waals surface area contributed by atoms with Crippen LogP contribution in [0.5, 0.6) is 0 Å². The van der Waals surface area contributed by atoms with E-state index in [0.29, 0.717) is 30.1 Å². The maximum atomic E-state index is 12.7.